The number of carbonyl (C=O) groups is 2. The lowest BCUT2D eigenvalue weighted by atomic mass is 9.81. The summed E-state index contributed by atoms with van der Waals surface area (Å²) in [7, 11) is 0. The lowest BCUT2D eigenvalue weighted by Crippen LogP contribution is -2.55. The van der Waals surface area contributed by atoms with Crippen LogP contribution in [-0.2, 0) is 16.7 Å². The Morgan fingerprint density at radius 1 is 1.17 bits per heavy atom. The van der Waals surface area contributed by atoms with Crippen molar-refractivity contribution in [2.24, 2.45) is 0 Å². The molecule has 1 aliphatic rings. The maximum Gasteiger partial charge on any atom is 0.341 e. The fourth-order valence-electron chi connectivity index (χ4n) is 3.92. The predicted octanol–water partition coefficient (Wildman–Crippen LogP) is 4.61. The van der Waals surface area contributed by atoms with Gasteiger partial charge >= 0.3 is 5.97 Å². The van der Waals surface area contributed by atoms with Gasteiger partial charge in [-0.15, -0.1) is 11.3 Å². The minimum absolute atomic E-state index is 0.170. The molecule has 0 fully saturated rings. The van der Waals surface area contributed by atoms with Crippen molar-refractivity contribution in [2.45, 2.75) is 52.1 Å². The van der Waals surface area contributed by atoms with E-state index in [-0.39, 0.29) is 22.7 Å². The number of esters is 1. The first-order chi connectivity index (χ1) is 13.5. The third-order valence-electron chi connectivity index (χ3n) is 4.74. The van der Waals surface area contributed by atoms with Crippen molar-refractivity contribution in [2.75, 3.05) is 11.9 Å². The number of nitrogens with one attached hydrogen (secondary N) is 2. The molecule has 29 heavy (non-hydrogen) atoms. The summed E-state index contributed by atoms with van der Waals surface area (Å²) in [6.45, 7) is 9.89. The number of rotatable bonds is 4. The van der Waals surface area contributed by atoms with Gasteiger partial charge in [0, 0.05) is 16.0 Å². The number of hydrogen-bond acceptors (Lipinski definition) is 5. The highest BCUT2D eigenvalue weighted by Gasteiger charge is 2.42. The molecule has 3 rings (SSSR count). The number of fused-ring (bicyclic) bond motifs is 1. The van der Waals surface area contributed by atoms with Crippen molar-refractivity contribution in [3.8, 4) is 0 Å². The first-order valence-corrected chi connectivity index (χ1v) is 10.2. The fraction of sp³-hybridized carbons (Fsp3) is 0.429. The lowest BCUT2D eigenvalue weighted by Gasteiger charge is -2.42. The Balaban J connectivity index is 2.11. The zero-order valence-electron chi connectivity index (χ0n) is 17.0. The Morgan fingerprint density at radius 2 is 1.79 bits per heavy atom. The number of ether oxygens (including phenoxy) is 1. The highest BCUT2D eigenvalue weighted by Crippen LogP contribution is 2.45. The molecule has 1 aromatic heterocycles. The average Bonchev–Trinajstić information content (AvgIpc) is 2.91. The van der Waals surface area contributed by atoms with Crippen molar-refractivity contribution in [3.05, 3.63) is 51.4 Å². The van der Waals surface area contributed by atoms with Crippen LogP contribution in [0.2, 0.25) is 0 Å². The van der Waals surface area contributed by atoms with Crippen molar-refractivity contribution in [1.82, 2.24) is 5.32 Å². The van der Waals surface area contributed by atoms with Crippen LogP contribution in [0.1, 0.15) is 65.8 Å². The average molecular weight is 422 g/mol. The summed E-state index contributed by atoms with van der Waals surface area (Å²) < 4.78 is 33.3. The Labute approximate surface area is 172 Å². The Morgan fingerprint density at radius 3 is 2.38 bits per heavy atom. The lowest BCUT2D eigenvalue weighted by molar-refractivity contribution is 0.0525. The number of amides is 1. The zero-order valence-corrected chi connectivity index (χ0v) is 17.9. The fourth-order valence-corrected chi connectivity index (χ4v) is 5.18. The van der Waals surface area contributed by atoms with Gasteiger partial charge in [0.25, 0.3) is 5.91 Å². The van der Waals surface area contributed by atoms with Crippen LogP contribution in [0.4, 0.5) is 13.8 Å². The smallest absolute Gasteiger partial charge is 0.341 e. The molecule has 8 heteroatoms. The van der Waals surface area contributed by atoms with E-state index >= 15 is 0 Å². The van der Waals surface area contributed by atoms with E-state index in [1.165, 1.54) is 17.4 Å². The van der Waals surface area contributed by atoms with E-state index in [0.717, 1.165) is 22.6 Å². The second-order valence-electron chi connectivity index (χ2n) is 8.20. The molecule has 0 aliphatic carbocycles. The molecule has 2 heterocycles. The molecular weight excluding hydrogens is 398 g/mol. The van der Waals surface area contributed by atoms with Gasteiger partial charge in [-0.3, -0.25) is 4.79 Å². The number of hydrogen-bond donors (Lipinski definition) is 2. The molecule has 5 nitrogen and oxygen atoms in total. The van der Waals surface area contributed by atoms with Crippen molar-refractivity contribution in [3.63, 3.8) is 0 Å². The predicted molar refractivity (Wildman–Crippen MR) is 109 cm³/mol. The molecule has 156 valence electrons. The maximum atomic E-state index is 14.0. The molecule has 0 radical (unpaired) electrons. The molecule has 2 N–H and O–H groups in total. The van der Waals surface area contributed by atoms with E-state index in [1.807, 2.05) is 27.7 Å². The zero-order chi connectivity index (χ0) is 21.6. The second-order valence-corrected chi connectivity index (χ2v) is 9.22. The van der Waals surface area contributed by atoms with Crippen LogP contribution in [0.15, 0.2) is 18.2 Å². The van der Waals surface area contributed by atoms with Gasteiger partial charge in [0.05, 0.1) is 12.2 Å². The molecule has 1 amide bonds. The largest absolute Gasteiger partial charge is 0.462 e. The minimum Gasteiger partial charge on any atom is -0.462 e. The van der Waals surface area contributed by atoms with E-state index in [1.54, 1.807) is 6.92 Å². The van der Waals surface area contributed by atoms with Gasteiger partial charge in [-0.1, -0.05) is 6.07 Å². The van der Waals surface area contributed by atoms with Crippen molar-refractivity contribution >= 4 is 28.2 Å². The highest BCUT2D eigenvalue weighted by atomic mass is 32.1. The molecule has 2 aromatic rings. The third kappa shape index (κ3) is 4.04. The Bertz CT molecular complexity index is 962. The summed E-state index contributed by atoms with van der Waals surface area (Å²) in [5, 5.41) is 6.30. The first-order valence-electron chi connectivity index (χ1n) is 9.35. The number of carbonyl (C=O) groups excluding carboxylic acids is 2. The van der Waals surface area contributed by atoms with Gasteiger partial charge in [0.2, 0.25) is 0 Å². The van der Waals surface area contributed by atoms with Crippen LogP contribution in [0.3, 0.4) is 0 Å². The van der Waals surface area contributed by atoms with Gasteiger partial charge in [-0.25, -0.2) is 13.6 Å². The van der Waals surface area contributed by atoms with Crippen LogP contribution in [0.5, 0.6) is 0 Å². The highest BCUT2D eigenvalue weighted by molar-refractivity contribution is 7.17. The summed E-state index contributed by atoms with van der Waals surface area (Å²) in [6.07, 6.45) is 0.542. The monoisotopic (exact) mass is 422 g/mol. The van der Waals surface area contributed by atoms with Crippen molar-refractivity contribution < 1.29 is 23.1 Å². The quantitative estimate of drug-likeness (QED) is 0.706. The van der Waals surface area contributed by atoms with E-state index in [9.17, 15) is 18.4 Å². The van der Waals surface area contributed by atoms with Crippen LogP contribution >= 0.6 is 11.3 Å². The Kier molecular flexibility index (Phi) is 5.53. The van der Waals surface area contributed by atoms with Crippen molar-refractivity contribution in [1.29, 1.82) is 0 Å². The van der Waals surface area contributed by atoms with Crippen LogP contribution < -0.4 is 10.6 Å². The maximum absolute atomic E-state index is 14.0. The minimum atomic E-state index is -0.968. The molecule has 1 aromatic carbocycles. The van der Waals surface area contributed by atoms with E-state index in [4.69, 9.17) is 4.74 Å². The van der Waals surface area contributed by atoms with Gasteiger partial charge in [-0.05, 0) is 58.7 Å². The summed E-state index contributed by atoms with van der Waals surface area (Å²) >= 11 is 1.22. The van der Waals surface area contributed by atoms with E-state index in [2.05, 4.69) is 10.6 Å². The van der Waals surface area contributed by atoms with Crippen LogP contribution in [0.25, 0.3) is 0 Å². The summed E-state index contributed by atoms with van der Waals surface area (Å²) in [4.78, 5) is 26.3. The SMILES string of the molecule is CCOC(=O)c1c(NC(=O)c2c(F)cccc2F)sc2c1CC(C)(C)NC2(C)C. The van der Waals surface area contributed by atoms with Gasteiger partial charge in [-0.2, -0.15) is 0 Å². The third-order valence-corrected chi connectivity index (χ3v) is 6.21. The van der Waals surface area contributed by atoms with Crippen LogP contribution in [0, 0.1) is 11.6 Å². The van der Waals surface area contributed by atoms with Gasteiger partial charge in [0.15, 0.2) is 0 Å². The molecule has 0 saturated carbocycles. The molecule has 0 spiro atoms. The van der Waals surface area contributed by atoms with E-state index in [0.29, 0.717) is 6.42 Å². The molecule has 0 atom stereocenters. The molecule has 0 saturated heterocycles. The number of anilines is 1. The first kappa shape index (κ1) is 21.4. The topological polar surface area (TPSA) is 67.4 Å². The Hall–Kier alpha value is -2.32. The molecular formula is C21H24F2N2O3S. The second kappa shape index (κ2) is 7.50. The number of thiophene rings is 1. The van der Waals surface area contributed by atoms with E-state index < -0.39 is 34.6 Å². The molecule has 0 unspecified atom stereocenters. The summed E-state index contributed by atoms with van der Waals surface area (Å²) in [5.74, 6) is -3.45. The standard InChI is InChI=1S/C21H24F2N2O3S/c1-6-28-19(27)14-11-10-20(2,3)25-21(4,5)16(11)29-18(14)24-17(26)15-12(22)8-7-9-13(15)23/h7-9,25H,6,10H2,1-5H3,(H,24,26). The number of halogens is 2. The summed E-state index contributed by atoms with van der Waals surface area (Å²) in [6, 6.07) is 3.21. The normalized spacial score (nSPS) is 16.8. The van der Waals surface area contributed by atoms with Gasteiger partial charge in [0.1, 0.15) is 22.2 Å². The number of benzene rings is 1. The van der Waals surface area contributed by atoms with Crippen LogP contribution in [-0.4, -0.2) is 24.0 Å². The molecule has 1 aliphatic heterocycles. The summed E-state index contributed by atoms with van der Waals surface area (Å²) in [5.41, 5.74) is -0.412. The molecule has 0 bridgehead atoms. The van der Waals surface area contributed by atoms with Gasteiger partial charge < -0.3 is 15.4 Å².